The van der Waals surface area contributed by atoms with Gasteiger partial charge in [0, 0.05) is 8.07 Å². The Bertz CT molecular complexity index is 392. The van der Waals surface area contributed by atoms with Crippen LogP contribution in [0.5, 0.6) is 0 Å². The van der Waals surface area contributed by atoms with Gasteiger partial charge in [-0.2, -0.15) is 0 Å². The summed E-state index contributed by atoms with van der Waals surface area (Å²) >= 11 is 1.53. The van der Waals surface area contributed by atoms with Crippen molar-refractivity contribution in [3.63, 3.8) is 0 Å². The van der Waals surface area contributed by atoms with E-state index in [0.29, 0.717) is 0 Å². The number of allylic oxidation sites excluding steroid dienone is 2. The van der Waals surface area contributed by atoms with Gasteiger partial charge < -0.3 is 0 Å². The summed E-state index contributed by atoms with van der Waals surface area (Å²) in [4.78, 5) is 13.2. The number of rotatable bonds is 4. The van der Waals surface area contributed by atoms with Crippen LogP contribution in [0.1, 0.15) is 23.5 Å². The highest BCUT2D eigenvalue weighted by atomic mass is 32.1. The molecule has 88 valence electrons. The minimum Gasteiger partial charge on any atom is -0.288 e. The van der Waals surface area contributed by atoms with Gasteiger partial charge in [0.15, 0.2) is 5.78 Å². The minimum atomic E-state index is -1.23. The lowest BCUT2D eigenvalue weighted by Gasteiger charge is -2.18. The highest BCUT2D eigenvalue weighted by molar-refractivity contribution is 7.12. The molecule has 0 unspecified atom stereocenters. The molecule has 16 heavy (non-hydrogen) atoms. The molecule has 1 aromatic rings. The van der Waals surface area contributed by atoms with Crippen molar-refractivity contribution in [3.05, 3.63) is 33.5 Å². The highest BCUT2D eigenvalue weighted by Gasteiger charge is 2.22. The van der Waals surface area contributed by atoms with E-state index in [1.54, 1.807) is 0 Å². The van der Waals surface area contributed by atoms with Crippen LogP contribution in [-0.4, -0.2) is 13.9 Å². The zero-order valence-electron chi connectivity index (χ0n) is 10.8. The van der Waals surface area contributed by atoms with Gasteiger partial charge in [0.2, 0.25) is 0 Å². The Morgan fingerprint density at radius 2 is 1.94 bits per heavy atom. The van der Waals surface area contributed by atoms with E-state index in [-0.39, 0.29) is 5.78 Å². The Morgan fingerprint density at radius 3 is 2.31 bits per heavy atom. The van der Waals surface area contributed by atoms with Crippen LogP contribution in [0, 0.1) is 0 Å². The van der Waals surface area contributed by atoms with Crippen LogP contribution in [0.15, 0.2) is 28.7 Å². The van der Waals surface area contributed by atoms with E-state index >= 15 is 0 Å². The molecule has 0 aliphatic carbocycles. The lowest BCUT2D eigenvalue weighted by Crippen LogP contribution is -2.23. The maximum Gasteiger partial charge on any atom is 0.198 e. The van der Waals surface area contributed by atoms with Crippen molar-refractivity contribution in [1.82, 2.24) is 0 Å². The van der Waals surface area contributed by atoms with E-state index in [1.807, 2.05) is 31.4 Å². The molecular formula is C13H20OSSi. The molecule has 0 radical (unpaired) electrons. The summed E-state index contributed by atoms with van der Waals surface area (Å²) in [7, 11) is -1.23. The quantitative estimate of drug-likeness (QED) is 0.434. The van der Waals surface area contributed by atoms with Gasteiger partial charge in [-0.1, -0.05) is 31.3 Å². The Morgan fingerprint density at radius 1 is 1.31 bits per heavy atom. The number of carbonyl (C=O) groups is 1. The zero-order valence-corrected chi connectivity index (χ0v) is 12.6. The number of Topliss-reactive ketones (excluding diaryl/α,β-unsaturated/α-hetero) is 1. The van der Waals surface area contributed by atoms with Crippen molar-refractivity contribution < 1.29 is 4.79 Å². The summed E-state index contributed by atoms with van der Waals surface area (Å²) in [5, 5.41) is 1.96. The maximum atomic E-state index is 12.3. The van der Waals surface area contributed by atoms with Crippen molar-refractivity contribution in [3.8, 4) is 0 Å². The van der Waals surface area contributed by atoms with Crippen LogP contribution in [-0.2, 0) is 0 Å². The molecule has 3 heteroatoms. The summed E-state index contributed by atoms with van der Waals surface area (Å²) in [5.74, 6) is 0.234. The lowest BCUT2D eigenvalue weighted by molar-refractivity contribution is 0.103. The van der Waals surface area contributed by atoms with Crippen molar-refractivity contribution in [2.75, 3.05) is 0 Å². The molecule has 1 rings (SSSR count). The molecule has 0 fully saturated rings. The third-order valence-electron chi connectivity index (χ3n) is 2.33. The van der Waals surface area contributed by atoms with Gasteiger partial charge in [-0.05, 0) is 36.9 Å². The van der Waals surface area contributed by atoms with Crippen molar-refractivity contribution in [2.45, 2.75) is 39.5 Å². The molecule has 0 aromatic carbocycles. The fraction of sp³-hybridized carbons (Fsp3) is 0.462. The average Bonchev–Trinajstić information content (AvgIpc) is 2.63. The van der Waals surface area contributed by atoms with Gasteiger partial charge in [0.25, 0.3) is 0 Å². The summed E-state index contributed by atoms with van der Waals surface area (Å²) < 4.78 is 0. The van der Waals surface area contributed by atoms with E-state index in [0.717, 1.165) is 16.5 Å². The molecule has 0 saturated carbocycles. The third-order valence-corrected chi connectivity index (χ3v) is 4.61. The predicted molar refractivity (Wildman–Crippen MR) is 75.2 cm³/mol. The minimum absolute atomic E-state index is 0.234. The summed E-state index contributed by atoms with van der Waals surface area (Å²) in [5.41, 5.74) is 2.20. The van der Waals surface area contributed by atoms with Gasteiger partial charge in [0.1, 0.15) is 0 Å². The van der Waals surface area contributed by atoms with Gasteiger partial charge >= 0.3 is 0 Å². The monoisotopic (exact) mass is 252 g/mol. The van der Waals surface area contributed by atoms with Crippen molar-refractivity contribution in [2.24, 2.45) is 0 Å². The Hall–Kier alpha value is -0.673. The smallest absolute Gasteiger partial charge is 0.198 e. The van der Waals surface area contributed by atoms with Crippen LogP contribution < -0.4 is 0 Å². The summed E-state index contributed by atoms with van der Waals surface area (Å²) in [6.07, 6.45) is 0. The number of hydrogen-bond acceptors (Lipinski definition) is 2. The van der Waals surface area contributed by atoms with Crippen LogP contribution in [0.3, 0.4) is 0 Å². The van der Waals surface area contributed by atoms with E-state index < -0.39 is 8.07 Å². The van der Waals surface area contributed by atoms with Crippen LogP contribution >= 0.6 is 11.3 Å². The standard InChI is InChI=1S/C13H20OSSi/c1-10(2)11(9-16(3,4)5)13(14)12-7-6-8-15-12/h6-8H,9H2,1-5H3. The Labute approximate surface area is 103 Å². The molecule has 0 bridgehead atoms. The molecule has 0 saturated heterocycles. The third kappa shape index (κ3) is 3.72. The fourth-order valence-electron chi connectivity index (χ4n) is 1.57. The van der Waals surface area contributed by atoms with E-state index in [4.69, 9.17) is 0 Å². The summed E-state index contributed by atoms with van der Waals surface area (Å²) in [6.45, 7) is 11.0. The first kappa shape index (κ1) is 13.4. The molecule has 0 amide bonds. The molecule has 0 atom stereocenters. The van der Waals surface area contributed by atoms with Crippen molar-refractivity contribution >= 4 is 25.2 Å². The second-order valence-electron chi connectivity index (χ2n) is 5.52. The van der Waals surface area contributed by atoms with Gasteiger partial charge in [-0.15, -0.1) is 11.3 Å². The Balaban J connectivity index is 2.98. The normalized spacial score (nSPS) is 11.3. The molecule has 0 spiro atoms. The molecule has 1 nitrogen and oxygen atoms in total. The van der Waals surface area contributed by atoms with E-state index in [2.05, 4.69) is 19.6 Å². The molecule has 0 aliphatic heterocycles. The molecule has 0 aliphatic rings. The lowest BCUT2D eigenvalue weighted by atomic mass is 10.1. The first-order chi connectivity index (χ1) is 7.31. The fourth-order valence-corrected chi connectivity index (χ4v) is 3.84. The number of carbonyl (C=O) groups excluding carboxylic acids is 1. The summed E-state index contributed by atoms with van der Waals surface area (Å²) in [6, 6.07) is 4.83. The van der Waals surface area contributed by atoms with E-state index in [9.17, 15) is 4.79 Å². The predicted octanol–water partition coefficient (Wildman–Crippen LogP) is 4.61. The van der Waals surface area contributed by atoms with Gasteiger partial charge in [0.05, 0.1) is 4.88 Å². The zero-order chi connectivity index (χ0) is 12.3. The maximum absolute atomic E-state index is 12.3. The first-order valence-corrected chi connectivity index (χ1v) is 10.1. The van der Waals surface area contributed by atoms with Crippen LogP contribution in [0.4, 0.5) is 0 Å². The van der Waals surface area contributed by atoms with E-state index in [1.165, 1.54) is 16.9 Å². The van der Waals surface area contributed by atoms with Crippen molar-refractivity contribution in [1.29, 1.82) is 0 Å². The topological polar surface area (TPSA) is 17.1 Å². The molecule has 1 heterocycles. The number of thiophene rings is 1. The van der Waals surface area contributed by atoms with Gasteiger partial charge in [-0.25, -0.2) is 0 Å². The molecule has 1 aromatic heterocycles. The largest absolute Gasteiger partial charge is 0.288 e. The number of ketones is 1. The second-order valence-corrected chi connectivity index (χ2v) is 11.9. The second kappa shape index (κ2) is 5.10. The highest BCUT2D eigenvalue weighted by Crippen LogP contribution is 2.24. The Kier molecular flexibility index (Phi) is 4.27. The average molecular weight is 252 g/mol. The molecular weight excluding hydrogens is 232 g/mol. The first-order valence-electron chi connectivity index (χ1n) is 5.56. The molecule has 0 N–H and O–H groups in total. The van der Waals surface area contributed by atoms with Crippen LogP contribution in [0.25, 0.3) is 0 Å². The number of hydrogen-bond donors (Lipinski definition) is 0. The van der Waals surface area contributed by atoms with Gasteiger partial charge in [-0.3, -0.25) is 4.79 Å². The van der Waals surface area contributed by atoms with Crippen LogP contribution in [0.2, 0.25) is 25.7 Å². The SMILES string of the molecule is CC(C)=C(C[Si](C)(C)C)C(=O)c1cccs1.